The van der Waals surface area contributed by atoms with Crippen molar-refractivity contribution in [3.05, 3.63) is 60.7 Å². The maximum absolute atomic E-state index is 12.1. The summed E-state index contributed by atoms with van der Waals surface area (Å²) < 4.78 is 40.1. The molecule has 0 spiro atoms. The molecule has 0 atom stereocenters. The third-order valence-electron chi connectivity index (χ3n) is 3.25. The average Bonchev–Trinajstić information content (AvgIpc) is 3.04. The summed E-state index contributed by atoms with van der Waals surface area (Å²) in [6, 6.07) is 15.3. The highest BCUT2D eigenvalue weighted by Crippen LogP contribution is 2.24. The first-order valence-corrected chi connectivity index (χ1v) is 7.44. The molecule has 6 nitrogen and oxygen atoms in total. The minimum Gasteiger partial charge on any atom is -0.406 e. The Balaban J connectivity index is 1.58. The molecule has 0 aliphatic carbocycles. The van der Waals surface area contributed by atoms with Crippen molar-refractivity contribution >= 4 is 17.5 Å². The molecule has 9 heteroatoms. The SMILES string of the molecule is O=C(Nc1ccc(OC(F)(F)F)cc1)Nc1cc(-c2ccccc2)[nH]n1. The lowest BCUT2D eigenvalue weighted by molar-refractivity contribution is -0.274. The Kier molecular flexibility index (Phi) is 4.78. The maximum Gasteiger partial charge on any atom is 0.573 e. The van der Waals surface area contributed by atoms with E-state index in [1.807, 2.05) is 30.3 Å². The van der Waals surface area contributed by atoms with Crippen molar-refractivity contribution < 1.29 is 22.7 Å². The van der Waals surface area contributed by atoms with Gasteiger partial charge in [-0.2, -0.15) is 5.10 Å². The minimum atomic E-state index is -4.76. The average molecular weight is 362 g/mol. The van der Waals surface area contributed by atoms with Gasteiger partial charge in [0.05, 0.1) is 5.69 Å². The van der Waals surface area contributed by atoms with Gasteiger partial charge in [0.2, 0.25) is 0 Å². The normalized spacial score (nSPS) is 11.0. The van der Waals surface area contributed by atoms with E-state index in [2.05, 4.69) is 25.6 Å². The standard InChI is InChI=1S/C17H13F3N4O2/c18-17(19,20)26-13-8-6-12(7-9-13)21-16(25)22-15-10-14(23-24-15)11-4-2-1-3-5-11/h1-10H,(H3,21,22,23,24,25). The van der Waals surface area contributed by atoms with Crippen LogP contribution in [0.15, 0.2) is 60.7 Å². The van der Waals surface area contributed by atoms with Crippen molar-refractivity contribution in [1.82, 2.24) is 10.2 Å². The number of nitrogens with zero attached hydrogens (tertiary/aromatic N) is 1. The number of rotatable bonds is 4. The lowest BCUT2D eigenvalue weighted by Gasteiger charge is -2.10. The van der Waals surface area contributed by atoms with Crippen molar-refractivity contribution in [3.8, 4) is 17.0 Å². The van der Waals surface area contributed by atoms with Crippen LogP contribution in [0.25, 0.3) is 11.3 Å². The number of H-pyrrole nitrogens is 1. The maximum atomic E-state index is 12.1. The molecule has 134 valence electrons. The summed E-state index contributed by atoms with van der Waals surface area (Å²) in [4.78, 5) is 12.0. The zero-order valence-corrected chi connectivity index (χ0v) is 13.2. The molecule has 0 unspecified atom stereocenters. The molecular formula is C17H13F3N4O2. The molecule has 3 rings (SSSR count). The zero-order valence-electron chi connectivity index (χ0n) is 13.2. The summed E-state index contributed by atoms with van der Waals surface area (Å²) in [6.07, 6.45) is -4.76. The van der Waals surface area contributed by atoms with Crippen LogP contribution < -0.4 is 15.4 Å². The van der Waals surface area contributed by atoms with Crippen molar-refractivity contribution in [2.45, 2.75) is 6.36 Å². The Morgan fingerprint density at radius 2 is 1.69 bits per heavy atom. The van der Waals surface area contributed by atoms with Crippen LogP contribution in [-0.2, 0) is 0 Å². The minimum absolute atomic E-state index is 0.302. The number of nitrogens with one attached hydrogen (secondary N) is 3. The van der Waals surface area contributed by atoms with Crippen molar-refractivity contribution in [3.63, 3.8) is 0 Å². The molecule has 0 bridgehead atoms. The van der Waals surface area contributed by atoms with Gasteiger partial charge in [-0.25, -0.2) is 4.79 Å². The number of amides is 2. The van der Waals surface area contributed by atoms with E-state index in [0.717, 1.165) is 23.4 Å². The number of halogens is 3. The van der Waals surface area contributed by atoms with Crippen LogP contribution >= 0.6 is 0 Å². The summed E-state index contributed by atoms with van der Waals surface area (Å²) >= 11 is 0. The molecule has 2 aromatic carbocycles. The van der Waals surface area contributed by atoms with Gasteiger partial charge in [0.25, 0.3) is 0 Å². The molecule has 0 radical (unpaired) electrons. The predicted molar refractivity (Wildman–Crippen MR) is 89.8 cm³/mol. The van der Waals surface area contributed by atoms with E-state index < -0.39 is 12.4 Å². The van der Waals surface area contributed by atoms with E-state index in [0.29, 0.717) is 11.5 Å². The topological polar surface area (TPSA) is 79.0 Å². The number of ether oxygens (including phenoxy) is 1. The molecule has 2 amide bonds. The van der Waals surface area contributed by atoms with E-state index >= 15 is 0 Å². The van der Waals surface area contributed by atoms with Crippen LogP contribution in [0.4, 0.5) is 29.5 Å². The fraction of sp³-hybridized carbons (Fsp3) is 0.0588. The van der Waals surface area contributed by atoms with Crippen molar-refractivity contribution in [2.24, 2.45) is 0 Å². The first kappa shape index (κ1) is 17.3. The number of benzene rings is 2. The van der Waals surface area contributed by atoms with Gasteiger partial charge in [-0.1, -0.05) is 30.3 Å². The monoisotopic (exact) mass is 362 g/mol. The highest BCUT2D eigenvalue weighted by atomic mass is 19.4. The summed E-state index contributed by atoms with van der Waals surface area (Å²) in [5, 5.41) is 11.8. The number of carbonyl (C=O) groups excluding carboxylic acids is 1. The van der Waals surface area contributed by atoms with E-state index in [9.17, 15) is 18.0 Å². The van der Waals surface area contributed by atoms with E-state index in [1.54, 1.807) is 6.07 Å². The number of anilines is 2. The zero-order chi connectivity index (χ0) is 18.6. The molecule has 0 aliphatic heterocycles. The van der Waals surface area contributed by atoms with Gasteiger partial charge in [-0.05, 0) is 29.8 Å². The fourth-order valence-electron chi connectivity index (χ4n) is 2.17. The highest BCUT2D eigenvalue weighted by Gasteiger charge is 2.30. The molecule has 1 heterocycles. The Labute approximate surface area is 146 Å². The number of hydrogen-bond donors (Lipinski definition) is 3. The summed E-state index contributed by atoms with van der Waals surface area (Å²) in [6.45, 7) is 0. The van der Waals surface area contributed by atoms with Gasteiger partial charge in [-0.3, -0.25) is 10.4 Å². The van der Waals surface area contributed by atoms with Crippen LogP contribution in [-0.4, -0.2) is 22.6 Å². The Bertz CT molecular complexity index is 877. The number of hydrogen-bond acceptors (Lipinski definition) is 3. The third kappa shape index (κ3) is 4.76. The molecular weight excluding hydrogens is 349 g/mol. The largest absolute Gasteiger partial charge is 0.573 e. The smallest absolute Gasteiger partial charge is 0.406 e. The lowest BCUT2D eigenvalue weighted by Crippen LogP contribution is -2.20. The van der Waals surface area contributed by atoms with Gasteiger partial charge >= 0.3 is 12.4 Å². The molecule has 26 heavy (non-hydrogen) atoms. The number of alkyl halides is 3. The second-order valence-corrected chi connectivity index (χ2v) is 5.18. The first-order valence-electron chi connectivity index (χ1n) is 7.44. The van der Waals surface area contributed by atoms with Crippen molar-refractivity contribution in [2.75, 3.05) is 10.6 Å². The van der Waals surface area contributed by atoms with Gasteiger partial charge in [0.1, 0.15) is 5.75 Å². The number of aromatic amines is 1. The fourth-order valence-corrected chi connectivity index (χ4v) is 2.17. The van der Waals surface area contributed by atoms with Gasteiger partial charge < -0.3 is 10.1 Å². The molecule has 0 fully saturated rings. The van der Waals surface area contributed by atoms with E-state index in [1.165, 1.54) is 12.1 Å². The number of aromatic nitrogens is 2. The Hall–Kier alpha value is -3.49. The molecule has 3 N–H and O–H groups in total. The predicted octanol–water partition coefficient (Wildman–Crippen LogP) is 4.62. The summed E-state index contributed by atoms with van der Waals surface area (Å²) in [5.41, 5.74) is 1.94. The van der Waals surface area contributed by atoms with Gasteiger partial charge in [0, 0.05) is 11.8 Å². The van der Waals surface area contributed by atoms with Crippen LogP contribution in [0.1, 0.15) is 0 Å². The van der Waals surface area contributed by atoms with Crippen LogP contribution in [0.5, 0.6) is 5.75 Å². The molecule has 1 aromatic heterocycles. The van der Waals surface area contributed by atoms with Gasteiger partial charge in [0.15, 0.2) is 5.82 Å². The number of carbonyl (C=O) groups is 1. The van der Waals surface area contributed by atoms with Crippen molar-refractivity contribution in [1.29, 1.82) is 0 Å². The van der Waals surface area contributed by atoms with E-state index in [4.69, 9.17) is 0 Å². The molecule has 0 saturated carbocycles. The van der Waals surface area contributed by atoms with Crippen LogP contribution in [0.2, 0.25) is 0 Å². The number of urea groups is 1. The lowest BCUT2D eigenvalue weighted by atomic mass is 10.2. The summed E-state index contributed by atoms with van der Waals surface area (Å²) in [5.74, 6) is -0.0679. The molecule has 0 saturated heterocycles. The second-order valence-electron chi connectivity index (χ2n) is 5.18. The Morgan fingerprint density at radius 3 is 2.35 bits per heavy atom. The third-order valence-corrected chi connectivity index (χ3v) is 3.25. The Morgan fingerprint density at radius 1 is 1.00 bits per heavy atom. The van der Waals surface area contributed by atoms with Gasteiger partial charge in [-0.15, -0.1) is 13.2 Å². The first-order chi connectivity index (χ1) is 12.4. The second kappa shape index (κ2) is 7.18. The van der Waals surface area contributed by atoms with E-state index in [-0.39, 0.29) is 5.75 Å². The summed E-state index contributed by atoms with van der Waals surface area (Å²) in [7, 11) is 0. The molecule has 0 aliphatic rings. The van der Waals surface area contributed by atoms with Crippen LogP contribution in [0.3, 0.4) is 0 Å². The molecule has 3 aromatic rings. The van der Waals surface area contributed by atoms with Crippen LogP contribution in [0, 0.1) is 0 Å². The highest BCUT2D eigenvalue weighted by molar-refractivity contribution is 5.99. The quantitative estimate of drug-likeness (QED) is 0.634.